The average Bonchev–Trinajstić information content (AvgIpc) is 2.25. The van der Waals surface area contributed by atoms with Crippen molar-refractivity contribution in [1.29, 1.82) is 0 Å². The van der Waals surface area contributed by atoms with Crippen molar-refractivity contribution in [3.63, 3.8) is 0 Å². The quantitative estimate of drug-likeness (QED) is 0.870. The Kier molecular flexibility index (Phi) is 5.49. The number of amides is 1. The number of carbonyl (C=O) groups excluding carboxylic acids is 1. The summed E-state index contributed by atoms with van der Waals surface area (Å²) in [6.45, 7) is 3.18. The van der Waals surface area contributed by atoms with Crippen LogP contribution in [-0.4, -0.2) is 12.5 Å². The normalized spacial score (nSPS) is 10.2. The van der Waals surface area contributed by atoms with Gasteiger partial charge in [0.1, 0.15) is 0 Å². The Balaban J connectivity index is 2.45. The highest BCUT2D eigenvalue weighted by molar-refractivity contribution is 9.10. The van der Waals surface area contributed by atoms with Gasteiger partial charge in [-0.25, -0.2) is 0 Å². The fourth-order valence-corrected chi connectivity index (χ4v) is 1.88. The van der Waals surface area contributed by atoms with E-state index in [4.69, 9.17) is 5.73 Å². The topological polar surface area (TPSA) is 55.1 Å². The molecule has 0 atom stereocenters. The molecule has 1 aromatic rings. The zero-order chi connectivity index (χ0) is 12.0. The molecule has 0 radical (unpaired) electrons. The van der Waals surface area contributed by atoms with Crippen LogP contribution in [0.2, 0.25) is 0 Å². The van der Waals surface area contributed by atoms with E-state index in [-0.39, 0.29) is 5.91 Å². The summed E-state index contributed by atoms with van der Waals surface area (Å²) in [7, 11) is 0. The SMILES string of the molecule is Cc1cc(Br)ccc1CNC(=O)CCCN. The van der Waals surface area contributed by atoms with Gasteiger partial charge >= 0.3 is 0 Å². The van der Waals surface area contributed by atoms with Crippen LogP contribution in [0, 0.1) is 6.92 Å². The van der Waals surface area contributed by atoms with E-state index in [0.717, 1.165) is 16.5 Å². The molecule has 3 N–H and O–H groups in total. The second kappa shape index (κ2) is 6.66. The first-order valence-corrected chi connectivity index (χ1v) is 6.14. The molecule has 0 bridgehead atoms. The second-order valence-electron chi connectivity index (χ2n) is 3.74. The van der Waals surface area contributed by atoms with Gasteiger partial charge in [-0.3, -0.25) is 4.79 Å². The van der Waals surface area contributed by atoms with Crippen LogP contribution in [0.1, 0.15) is 24.0 Å². The molecule has 0 saturated carbocycles. The third-order valence-electron chi connectivity index (χ3n) is 2.39. The molecule has 0 aliphatic rings. The highest BCUT2D eigenvalue weighted by Crippen LogP contribution is 2.15. The number of rotatable bonds is 5. The van der Waals surface area contributed by atoms with Crippen molar-refractivity contribution in [2.24, 2.45) is 5.73 Å². The monoisotopic (exact) mass is 284 g/mol. The minimum atomic E-state index is 0.0627. The van der Waals surface area contributed by atoms with Gasteiger partial charge in [-0.2, -0.15) is 0 Å². The molecule has 0 saturated heterocycles. The van der Waals surface area contributed by atoms with Gasteiger partial charge in [-0.15, -0.1) is 0 Å². The summed E-state index contributed by atoms with van der Waals surface area (Å²) in [6, 6.07) is 6.04. The number of aryl methyl sites for hydroxylation is 1. The molecule has 0 unspecified atom stereocenters. The maximum atomic E-state index is 11.4. The van der Waals surface area contributed by atoms with Gasteiger partial charge in [0.2, 0.25) is 5.91 Å². The lowest BCUT2D eigenvalue weighted by Crippen LogP contribution is -2.23. The summed E-state index contributed by atoms with van der Waals surface area (Å²) >= 11 is 3.41. The van der Waals surface area contributed by atoms with E-state index in [1.807, 2.05) is 25.1 Å². The van der Waals surface area contributed by atoms with Crippen LogP contribution < -0.4 is 11.1 Å². The predicted octanol–water partition coefficient (Wildman–Crippen LogP) is 2.11. The van der Waals surface area contributed by atoms with Gasteiger partial charge in [0.05, 0.1) is 0 Å². The summed E-state index contributed by atoms with van der Waals surface area (Å²) in [5, 5.41) is 2.88. The van der Waals surface area contributed by atoms with Crippen LogP contribution in [0.4, 0.5) is 0 Å². The van der Waals surface area contributed by atoms with E-state index >= 15 is 0 Å². The van der Waals surface area contributed by atoms with Crippen LogP contribution in [0.15, 0.2) is 22.7 Å². The largest absolute Gasteiger partial charge is 0.352 e. The number of hydrogen-bond acceptors (Lipinski definition) is 2. The van der Waals surface area contributed by atoms with Crippen LogP contribution >= 0.6 is 15.9 Å². The molecule has 4 heteroatoms. The van der Waals surface area contributed by atoms with Crippen LogP contribution in [-0.2, 0) is 11.3 Å². The number of carbonyl (C=O) groups is 1. The van der Waals surface area contributed by atoms with Crippen molar-refractivity contribution in [2.45, 2.75) is 26.3 Å². The number of nitrogens with one attached hydrogen (secondary N) is 1. The van der Waals surface area contributed by atoms with Gasteiger partial charge in [-0.05, 0) is 43.1 Å². The number of nitrogens with two attached hydrogens (primary N) is 1. The first-order chi connectivity index (χ1) is 7.63. The molecule has 0 fully saturated rings. The van der Waals surface area contributed by atoms with E-state index in [2.05, 4.69) is 21.2 Å². The van der Waals surface area contributed by atoms with Crippen molar-refractivity contribution in [2.75, 3.05) is 6.54 Å². The van der Waals surface area contributed by atoms with E-state index in [1.54, 1.807) is 0 Å². The van der Waals surface area contributed by atoms with Crippen molar-refractivity contribution in [1.82, 2.24) is 5.32 Å². The lowest BCUT2D eigenvalue weighted by Gasteiger charge is -2.08. The molecule has 0 aliphatic heterocycles. The molecule has 0 aliphatic carbocycles. The Labute approximate surface area is 105 Å². The Morgan fingerprint density at radius 2 is 2.25 bits per heavy atom. The van der Waals surface area contributed by atoms with Crippen molar-refractivity contribution >= 4 is 21.8 Å². The fraction of sp³-hybridized carbons (Fsp3) is 0.417. The standard InChI is InChI=1S/C12H17BrN2O/c1-9-7-11(13)5-4-10(9)8-15-12(16)3-2-6-14/h4-5,7H,2-3,6,8,14H2,1H3,(H,15,16). The lowest BCUT2D eigenvalue weighted by molar-refractivity contribution is -0.121. The molecule has 1 rings (SSSR count). The van der Waals surface area contributed by atoms with Crippen molar-refractivity contribution < 1.29 is 4.79 Å². The zero-order valence-corrected chi connectivity index (χ0v) is 11.0. The Morgan fingerprint density at radius 1 is 1.50 bits per heavy atom. The molecule has 16 heavy (non-hydrogen) atoms. The maximum absolute atomic E-state index is 11.4. The van der Waals surface area contributed by atoms with Gasteiger partial charge < -0.3 is 11.1 Å². The first kappa shape index (κ1) is 13.2. The fourth-order valence-electron chi connectivity index (χ4n) is 1.40. The summed E-state index contributed by atoms with van der Waals surface area (Å²) in [4.78, 5) is 11.4. The molecule has 0 heterocycles. The molecule has 3 nitrogen and oxygen atoms in total. The number of benzene rings is 1. The Bertz CT molecular complexity index is 366. The summed E-state index contributed by atoms with van der Waals surface area (Å²) in [6.07, 6.45) is 1.25. The Morgan fingerprint density at radius 3 is 2.88 bits per heavy atom. The van der Waals surface area contributed by atoms with E-state index in [9.17, 15) is 4.79 Å². The average molecular weight is 285 g/mol. The number of halogens is 1. The molecular weight excluding hydrogens is 268 g/mol. The van der Waals surface area contributed by atoms with Gasteiger partial charge in [0.25, 0.3) is 0 Å². The van der Waals surface area contributed by atoms with Crippen molar-refractivity contribution in [3.8, 4) is 0 Å². The highest BCUT2D eigenvalue weighted by atomic mass is 79.9. The molecular formula is C12H17BrN2O. The molecule has 0 aromatic heterocycles. The third kappa shape index (κ3) is 4.33. The third-order valence-corrected chi connectivity index (χ3v) is 2.88. The van der Waals surface area contributed by atoms with Crippen LogP contribution in [0.25, 0.3) is 0 Å². The predicted molar refractivity (Wildman–Crippen MR) is 69.0 cm³/mol. The van der Waals surface area contributed by atoms with Crippen LogP contribution in [0.5, 0.6) is 0 Å². The molecule has 1 amide bonds. The Hall–Kier alpha value is -0.870. The van der Waals surface area contributed by atoms with Crippen LogP contribution in [0.3, 0.4) is 0 Å². The minimum Gasteiger partial charge on any atom is -0.352 e. The molecule has 1 aromatic carbocycles. The van der Waals surface area contributed by atoms with Crippen molar-refractivity contribution in [3.05, 3.63) is 33.8 Å². The van der Waals surface area contributed by atoms with Gasteiger partial charge in [-0.1, -0.05) is 22.0 Å². The van der Waals surface area contributed by atoms with Gasteiger partial charge in [0.15, 0.2) is 0 Å². The van der Waals surface area contributed by atoms with Gasteiger partial charge in [0, 0.05) is 17.4 Å². The molecule has 0 spiro atoms. The number of hydrogen-bond donors (Lipinski definition) is 2. The smallest absolute Gasteiger partial charge is 0.220 e. The van der Waals surface area contributed by atoms with E-state index in [1.165, 1.54) is 5.56 Å². The summed E-state index contributed by atoms with van der Waals surface area (Å²) in [5.74, 6) is 0.0627. The maximum Gasteiger partial charge on any atom is 0.220 e. The summed E-state index contributed by atoms with van der Waals surface area (Å²) in [5.41, 5.74) is 7.66. The highest BCUT2D eigenvalue weighted by Gasteiger charge is 2.02. The minimum absolute atomic E-state index is 0.0627. The van der Waals surface area contributed by atoms with E-state index in [0.29, 0.717) is 19.5 Å². The first-order valence-electron chi connectivity index (χ1n) is 5.35. The lowest BCUT2D eigenvalue weighted by atomic mass is 10.1. The second-order valence-corrected chi connectivity index (χ2v) is 4.66. The summed E-state index contributed by atoms with van der Waals surface area (Å²) < 4.78 is 1.06. The molecule has 88 valence electrons. The zero-order valence-electron chi connectivity index (χ0n) is 9.42. The van der Waals surface area contributed by atoms with E-state index < -0.39 is 0 Å².